The summed E-state index contributed by atoms with van der Waals surface area (Å²) in [5.74, 6) is -1.07. The van der Waals surface area contributed by atoms with Crippen LogP contribution in [0.1, 0.15) is 18.9 Å². The summed E-state index contributed by atoms with van der Waals surface area (Å²) in [7, 11) is 0. The van der Waals surface area contributed by atoms with Crippen molar-refractivity contribution in [1.82, 2.24) is 19.9 Å². The molecule has 3 N–H and O–H groups in total. The molecule has 4 rings (SSSR count). The summed E-state index contributed by atoms with van der Waals surface area (Å²) >= 11 is 1.10. The van der Waals surface area contributed by atoms with Gasteiger partial charge in [-0.15, -0.1) is 0 Å². The molecule has 0 aliphatic carbocycles. The SMILES string of the molecule is CC(CO)Nc1nc(SCc2cccc(F)c2F)nc2[nH]c(=O)c(N3CCC3)nc12. The topological polar surface area (TPSA) is 107 Å². The third-order valence-electron chi connectivity index (χ3n) is 4.72. The van der Waals surface area contributed by atoms with Crippen molar-refractivity contribution < 1.29 is 13.9 Å². The van der Waals surface area contributed by atoms with Gasteiger partial charge >= 0.3 is 0 Å². The third kappa shape index (κ3) is 4.08. The van der Waals surface area contributed by atoms with Gasteiger partial charge in [-0.25, -0.2) is 23.7 Å². The number of benzene rings is 1. The van der Waals surface area contributed by atoms with Crippen LogP contribution < -0.4 is 15.8 Å². The Kier molecular flexibility index (Phi) is 5.82. The molecule has 0 amide bonds. The van der Waals surface area contributed by atoms with Crippen LogP contribution in [0.25, 0.3) is 11.2 Å². The van der Waals surface area contributed by atoms with Crippen molar-refractivity contribution in [3.8, 4) is 0 Å². The molecule has 1 aliphatic rings. The highest BCUT2D eigenvalue weighted by Crippen LogP contribution is 2.27. The second-order valence-electron chi connectivity index (χ2n) is 7.01. The van der Waals surface area contributed by atoms with Crippen LogP contribution in [0.4, 0.5) is 20.4 Å². The molecule has 1 atom stereocenters. The number of fused-ring (bicyclic) bond motifs is 1. The molecule has 8 nitrogen and oxygen atoms in total. The van der Waals surface area contributed by atoms with Crippen molar-refractivity contribution in [2.24, 2.45) is 0 Å². The molecule has 30 heavy (non-hydrogen) atoms. The maximum Gasteiger partial charge on any atom is 0.292 e. The fourth-order valence-corrected chi connectivity index (χ4v) is 3.76. The number of rotatable bonds is 7. The minimum Gasteiger partial charge on any atom is -0.394 e. The zero-order chi connectivity index (χ0) is 21.3. The largest absolute Gasteiger partial charge is 0.394 e. The summed E-state index contributed by atoms with van der Waals surface area (Å²) in [6, 6.07) is 3.66. The lowest BCUT2D eigenvalue weighted by atomic mass is 10.2. The van der Waals surface area contributed by atoms with E-state index in [1.54, 1.807) is 6.92 Å². The van der Waals surface area contributed by atoms with Crippen molar-refractivity contribution in [2.45, 2.75) is 30.3 Å². The van der Waals surface area contributed by atoms with Crippen LogP contribution in [0.2, 0.25) is 0 Å². The number of aliphatic hydroxyl groups is 1. The summed E-state index contributed by atoms with van der Waals surface area (Å²) < 4.78 is 27.4. The van der Waals surface area contributed by atoms with E-state index in [0.29, 0.717) is 17.2 Å². The van der Waals surface area contributed by atoms with Gasteiger partial charge < -0.3 is 20.3 Å². The number of anilines is 2. The number of thioether (sulfide) groups is 1. The van der Waals surface area contributed by atoms with Crippen LogP contribution in [-0.2, 0) is 5.75 Å². The summed E-state index contributed by atoms with van der Waals surface area (Å²) in [5, 5.41) is 12.7. The molecule has 11 heteroatoms. The van der Waals surface area contributed by atoms with Gasteiger partial charge in [0.1, 0.15) is 0 Å². The Labute approximate surface area is 174 Å². The number of H-pyrrole nitrogens is 1. The quantitative estimate of drug-likeness (QED) is 0.384. The van der Waals surface area contributed by atoms with Gasteiger partial charge in [0, 0.05) is 30.4 Å². The molecule has 1 saturated heterocycles. The Morgan fingerprint density at radius 3 is 2.80 bits per heavy atom. The molecule has 1 aliphatic heterocycles. The van der Waals surface area contributed by atoms with Crippen LogP contribution in [0.15, 0.2) is 28.2 Å². The van der Waals surface area contributed by atoms with E-state index in [4.69, 9.17) is 0 Å². The lowest BCUT2D eigenvalue weighted by Crippen LogP contribution is -2.41. The maximum absolute atomic E-state index is 13.9. The maximum atomic E-state index is 13.9. The van der Waals surface area contributed by atoms with Gasteiger partial charge in [-0.1, -0.05) is 23.9 Å². The van der Waals surface area contributed by atoms with E-state index in [1.165, 1.54) is 12.1 Å². The molecule has 0 radical (unpaired) electrons. The highest BCUT2D eigenvalue weighted by atomic mass is 32.2. The van der Waals surface area contributed by atoms with Gasteiger partial charge in [0.2, 0.25) is 0 Å². The molecule has 1 unspecified atom stereocenters. The highest BCUT2D eigenvalue weighted by molar-refractivity contribution is 7.98. The monoisotopic (exact) mass is 434 g/mol. The second-order valence-corrected chi connectivity index (χ2v) is 7.95. The minimum absolute atomic E-state index is 0.105. The molecule has 3 heterocycles. The molecular formula is C19H20F2N6O2S. The number of aromatic amines is 1. The van der Waals surface area contributed by atoms with Crippen molar-refractivity contribution in [3.63, 3.8) is 0 Å². The summed E-state index contributed by atoms with van der Waals surface area (Å²) in [6.07, 6.45) is 0.995. The van der Waals surface area contributed by atoms with E-state index >= 15 is 0 Å². The van der Waals surface area contributed by atoms with E-state index in [0.717, 1.165) is 37.3 Å². The second kappa shape index (κ2) is 8.52. The third-order valence-corrected chi connectivity index (χ3v) is 5.61. The minimum atomic E-state index is -0.918. The average molecular weight is 434 g/mol. The normalized spacial score (nSPS) is 14.6. The number of hydrogen-bond donors (Lipinski definition) is 3. The molecule has 3 aromatic rings. The molecular weight excluding hydrogens is 414 g/mol. The predicted molar refractivity (Wildman–Crippen MR) is 111 cm³/mol. The first-order chi connectivity index (χ1) is 14.5. The van der Waals surface area contributed by atoms with Crippen molar-refractivity contribution >= 4 is 34.6 Å². The molecule has 0 spiro atoms. The Morgan fingerprint density at radius 2 is 2.10 bits per heavy atom. The number of aliphatic hydroxyl groups excluding tert-OH is 1. The zero-order valence-corrected chi connectivity index (χ0v) is 17.0. The zero-order valence-electron chi connectivity index (χ0n) is 16.2. The highest BCUT2D eigenvalue weighted by Gasteiger charge is 2.22. The molecule has 0 saturated carbocycles. The first-order valence-electron chi connectivity index (χ1n) is 9.46. The standard InChI is InChI=1S/C19H20F2N6O2S/c1-10(8-28)22-15-14-16(24-18(29)17(23-14)27-6-3-7-27)26-19(25-15)30-9-11-4-2-5-12(20)13(11)21/h2,4-5,10,28H,3,6-9H2,1H3,(H2,22,24,25,26,29). The molecule has 1 fully saturated rings. The number of nitrogens with zero attached hydrogens (tertiary/aromatic N) is 4. The van der Waals surface area contributed by atoms with Gasteiger partial charge in [0.25, 0.3) is 5.56 Å². The average Bonchev–Trinajstić information content (AvgIpc) is 2.68. The van der Waals surface area contributed by atoms with Crippen LogP contribution in [0, 0.1) is 11.6 Å². The van der Waals surface area contributed by atoms with Gasteiger partial charge in [0.15, 0.2) is 39.6 Å². The fraction of sp³-hybridized carbons (Fsp3) is 0.368. The number of halogens is 2. The lowest BCUT2D eigenvalue weighted by molar-refractivity contribution is 0.281. The Bertz CT molecular complexity index is 1140. The number of hydrogen-bond acceptors (Lipinski definition) is 8. The summed E-state index contributed by atoms with van der Waals surface area (Å²) in [5.41, 5.74) is 0.433. The van der Waals surface area contributed by atoms with E-state index in [9.17, 15) is 18.7 Å². The van der Waals surface area contributed by atoms with Crippen molar-refractivity contribution in [1.29, 1.82) is 0 Å². The van der Waals surface area contributed by atoms with Crippen LogP contribution in [0.3, 0.4) is 0 Å². The van der Waals surface area contributed by atoms with Crippen LogP contribution in [0.5, 0.6) is 0 Å². The molecule has 2 aromatic heterocycles. The van der Waals surface area contributed by atoms with Crippen LogP contribution in [-0.4, -0.2) is 50.8 Å². The Morgan fingerprint density at radius 1 is 1.30 bits per heavy atom. The fourth-order valence-electron chi connectivity index (χ4n) is 2.94. The molecule has 0 bridgehead atoms. The van der Waals surface area contributed by atoms with Gasteiger partial charge in [-0.3, -0.25) is 4.79 Å². The van der Waals surface area contributed by atoms with Crippen molar-refractivity contribution in [2.75, 3.05) is 29.9 Å². The first kappa shape index (κ1) is 20.5. The summed E-state index contributed by atoms with van der Waals surface area (Å²) in [6.45, 7) is 3.15. The van der Waals surface area contributed by atoms with Gasteiger partial charge in [0.05, 0.1) is 6.61 Å². The Hall–Kier alpha value is -2.79. The number of aromatic nitrogens is 4. The van der Waals surface area contributed by atoms with E-state index in [1.807, 2.05) is 4.90 Å². The predicted octanol–water partition coefficient (Wildman–Crippen LogP) is 2.29. The smallest absolute Gasteiger partial charge is 0.292 e. The van der Waals surface area contributed by atoms with E-state index in [2.05, 4.69) is 25.3 Å². The molecule has 158 valence electrons. The van der Waals surface area contributed by atoms with E-state index in [-0.39, 0.29) is 40.3 Å². The molecule has 1 aromatic carbocycles. The van der Waals surface area contributed by atoms with Crippen LogP contribution >= 0.6 is 11.8 Å². The first-order valence-corrected chi connectivity index (χ1v) is 10.4. The Balaban J connectivity index is 1.71. The van der Waals surface area contributed by atoms with Gasteiger partial charge in [-0.05, 0) is 19.4 Å². The number of nitrogens with one attached hydrogen (secondary N) is 2. The van der Waals surface area contributed by atoms with Crippen molar-refractivity contribution in [3.05, 3.63) is 45.8 Å². The van der Waals surface area contributed by atoms with E-state index < -0.39 is 11.6 Å². The lowest BCUT2D eigenvalue weighted by Gasteiger charge is -2.31. The summed E-state index contributed by atoms with van der Waals surface area (Å²) in [4.78, 5) is 30.3. The van der Waals surface area contributed by atoms with Gasteiger partial charge in [-0.2, -0.15) is 0 Å².